The lowest BCUT2D eigenvalue weighted by atomic mass is 10.2. The normalized spacial score (nSPS) is 16.5. The standard InChI is InChI=1S/C17H31N3S/c1-6-7-15-16(11-18-10-12(2)3)21-17(19-15)20(5)13(4)14-8-9-14/h12-14,18H,6-11H2,1-5H3. The molecule has 3 nitrogen and oxygen atoms in total. The van der Waals surface area contributed by atoms with Crippen LogP contribution in [0.4, 0.5) is 5.13 Å². The molecule has 1 N–H and O–H groups in total. The highest BCUT2D eigenvalue weighted by Gasteiger charge is 2.31. The summed E-state index contributed by atoms with van der Waals surface area (Å²) in [5.41, 5.74) is 1.31. The Morgan fingerprint density at radius 3 is 2.62 bits per heavy atom. The van der Waals surface area contributed by atoms with Crippen molar-refractivity contribution in [2.24, 2.45) is 11.8 Å². The number of hydrogen-bond donors (Lipinski definition) is 1. The van der Waals surface area contributed by atoms with E-state index in [-0.39, 0.29) is 0 Å². The predicted molar refractivity (Wildman–Crippen MR) is 93.2 cm³/mol. The number of aromatic nitrogens is 1. The highest BCUT2D eigenvalue weighted by atomic mass is 32.1. The molecular weight excluding hydrogens is 278 g/mol. The largest absolute Gasteiger partial charge is 0.348 e. The summed E-state index contributed by atoms with van der Waals surface area (Å²) >= 11 is 1.89. The van der Waals surface area contributed by atoms with Crippen LogP contribution in [-0.4, -0.2) is 24.6 Å². The SMILES string of the molecule is CCCc1nc(N(C)C(C)C2CC2)sc1CNCC(C)C. The summed E-state index contributed by atoms with van der Waals surface area (Å²) in [5, 5.41) is 4.78. The van der Waals surface area contributed by atoms with Crippen LogP contribution in [0.2, 0.25) is 0 Å². The van der Waals surface area contributed by atoms with Gasteiger partial charge in [-0.2, -0.15) is 0 Å². The Balaban J connectivity index is 2.04. The van der Waals surface area contributed by atoms with Crippen LogP contribution >= 0.6 is 11.3 Å². The third-order valence-corrected chi connectivity index (χ3v) is 5.50. The van der Waals surface area contributed by atoms with E-state index in [0.29, 0.717) is 12.0 Å². The van der Waals surface area contributed by atoms with Gasteiger partial charge in [-0.15, -0.1) is 11.3 Å². The molecule has 1 aliphatic carbocycles. The highest BCUT2D eigenvalue weighted by Crippen LogP contribution is 2.37. The van der Waals surface area contributed by atoms with E-state index in [2.05, 4.69) is 45.0 Å². The van der Waals surface area contributed by atoms with Crippen LogP contribution in [-0.2, 0) is 13.0 Å². The molecule has 2 rings (SSSR count). The van der Waals surface area contributed by atoms with Gasteiger partial charge in [0.05, 0.1) is 5.69 Å². The first-order chi connectivity index (χ1) is 10.0. The maximum Gasteiger partial charge on any atom is 0.185 e. The van der Waals surface area contributed by atoms with Crippen LogP contribution in [0.1, 0.15) is 57.5 Å². The maximum absolute atomic E-state index is 4.93. The van der Waals surface area contributed by atoms with E-state index in [4.69, 9.17) is 4.98 Å². The Morgan fingerprint density at radius 2 is 2.05 bits per heavy atom. The average Bonchev–Trinajstić information content (AvgIpc) is 3.21. The molecule has 0 saturated heterocycles. The van der Waals surface area contributed by atoms with Crippen molar-refractivity contribution in [3.63, 3.8) is 0 Å². The van der Waals surface area contributed by atoms with Crippen LogP contribution in [0, 0.1) is 11.8 Å². The average molecular weight is 310 g/mol. The van der Waals surface area contributed by atoms with E-state index < -0.39 is 0 Å². The summed E-state index contributed by atoms with van der Waals surface area (Å²) in [5.74, 6) is 1.58. The van der Waals surface area contributed by atoms with Crippen LogP contribution in [0.25, 0.3) is 0 Å². The second-order valence-corrected chi connectivity index (χ2v) is 7.89. The number of anilines is 1. The minimum atomic E-state index is 0.627. The van der Waals surface area contributed by atoms with Crippen LogP contribution in [0.3, 0.4) is 0 Å². The summed E-state index contributed by atoms with van der Waals surface area (Å²) in [4.78, 5) is 8.76. The highest BCUT2D eigenvalue weighted by molar-refractivity contribution is 7.15. The van der Waals surface area contributed by atoms with Gasteiger partial charge in [0.2, 0.25) is 0 Å². The molecule has 0 aliphatic heterocycles. The van der Waals surface area contributed by atoms with Gasteiger partial charge >= 0.3 is 0 Å². The second kappa shape index (κ2) is 7.59. The zero-order valence-corrected chi connectivity index (χ0v) is 15.1. The number of nitrogens with zero attached hydrogens (tertiary/aromatic N) is 2. The van der Waals surface area contributed by atoms with Gasteiger partial charge in [0.15, 0.2) is 5.13 Å². The minimum absolute atomic E-state index is 0.627. The fourth-order valence-electron chi connectivity index (χ4n) is 2.63. The Morgan fingerprint density at radius 1 is 1.33 bits per heavy atom. The molecule has 1 atom stereocenters. The Labute approximate surface area is 134 Å². The van der Waals surface area contributed by atoms with E-state index in [1.807, 2.05) is 11.3 Å². The van der Waals surface area contributed by atoms with Gasteiger partial charge in [0.25, 0.3) is 0 Å². The van der Waals surface area contributed by atoms with Crippen molar-refractivity contribution in [2.45, 2.75) is 66.0 Å². The smallest absolute Gasteiger partial charge is 0.185 e. The van der Waals surface area contributed by atoms with Gasteiger partial charge in [-0.3, -0.25) is 0 Å². The van der Waals surface area contributed by atoms with E-state index in [0.717, 1.165) is 25.4 Å². The van der Waals surface area contributed by atoms with Gasteiger partial charge in [-0.1, -0.05) is 27.2 Å². The molecule has 0 spiro atoms. The van der Waals surface area contributed by atoms with Crippen LogP contribution in [0.5, 0.6) is 0 Å². The summed E-state index contributed by atoms with van der Waals surface area (Å²) in [6.07, 6.45) is 5.05. The second-order valence-electron chi connectivity index (χ2n) is 6.83. The van der Waals surface area contributed by atoms with Crippen molar-refractivity contribution in [3.8, 4) is 0 Å². The zero-order chi connectivity index (χ0) is 15.4. The van der Waals surface area contributed by atoms with Gasteiger partial charge in [0, 0.05) is 24.5 Å². The quantitative estimate of drug-likeness (QED) is 0.745. The fourth-order valence-corrected chi connectivity index (χ4v) is 3.76. The van der Waals surface area contributed by atoms with Gasteiger partial charge in [-0.25, -0.2) is 4.98 Å². The minimum Gasteiger partial charge on any atom is -0.348 e. The molecular formula is C17H31N3S. The summed E-state index contributed by atoms with van der Waals surface area (Å²) in [6.45, 7) is 11.1. The first-order valence-corrected chi connectivity index (χ1v) is 9.26. The fraction of sp³-hybridized carbons (Fsp3) is 0.824. The number of hydrogen-bond acceptors (Lipinski definition) is 4. The lowest BCUT2D eigenvalue weighted by Crippen LogP contribution is -2.30. The first-order valence-electron chi connectivity index (χ1n) is 8.45. The molecule has 21 heavy (non-hydrogen) atoms. The molecule has 0 bridgehead atoms. The van der Waals surface area contributed by atoms with Gasteiger partial charge < -0.3 is 10.2 Å². The number of nitrogens with one attached hydrogen (secondary N) is 1. The summed E-state index contributed by atoms with van der Waals surface area (Å²) in [6, 6.07) is 0.627. The van der Waals surface area contributed by atoms with Gasteiger partial charge in [0.1, 0.15) is 0 Å². The van der Waals surface area contributed by atoms with Gasteiger partial charge in [-0.05, 0) is 44.6 Å². The zero-order valence-electron chi connectivity index (χ0n) is 14.3. The molecule has 1 saturated carbocycles. The Kier molecular flexibility index (Phi) is 6.06. The molecule has 120 valence electrons. The first kappa shape index (κ1) is 16.8. The summed E-state index contributed by atoms with van der Waals surface area (Å²) in [7, 11) is 2.21. The van der Waals surface area contributed by atoms with E-state index in [9.17, 15) is 0 Å². The van der Waals surface area contributed by atoms with E-state index in [1.54, 1.807) is 0 Å². The molecule has 1 heterocycles. The molecule has 1 fully saturated rings. The predicted octanol–water partition coefficient (Wildman–Crippen LogP) is 4.08. The van der Waals surface area contributed by atoms with Crippen LogP contribution < -0.4 is 10.2 Å². The molecule has 4 heteroatoms. The number of rotatable bonds is 9. The van der Waals surface area contributed by atoms with Crippen molar-refractivity contribution in [2.75, 3.05) is 18.5 Å². The summed E-state index contributed by atoms with van der Waals surface area (Å²) < 4.78 is 0. The molecule has 0 amide bonds. The Hall–Kier alpha value is -0.610. The number of aryl methyl sites for hydroxylation is 1. The molecule has 1 aromatic rings. The molecule has 0 radical (unpaired) electrons. The van der Waals surface area contributed by atoms with Crippen molar-refractivity contribution in [1.29, 1.82) is 0 Å². The molecule has 1 aromatic heterocycles. The van der Waals surface area contributed by atoms with E-state index >= 15 is 0 Å². The van der Waals surface area contributed by atoms with Crippen molar-refractivity contribution in [1.82, 2.24) is 10.3 Å². The van der Waals surface area contributed by atoms with Crippen molar-refractivity contribution >= 4 is 16.5 Å². The van der Waals surface area contributed by atoms with E-state index in [1.165, 1.54) is 35.0 Å². The number of thiazole rings is 1. The third kappa shape index (κ3) is 4.68. The monoisotopic (exact) mass is 309 g/mol. The molecule has 1 aliphatic rings. The van der Waals surface area contributed by atoms with Crippen molar-refractivity contribution < 1.29 is 0 Å². The Bertz CT molecular complexity index is 437. The third-order valence-electron chi connectivity index (χ3n) is 4.31. The van der Waals surface area contributed by atoms with Crippen molar-refractivity contribution in [3.05, 3.63) is 10.6 Å². The van der Waals surface area contributed by atoms with Crippen LogP contribution in [0.15, 0.2) is 0 Å². The lowest BCUT2D eigenvalue weighted by Gasteiger charge is -2.23. The topological polar surface area (TPSA) is 28.2 Å². The molecule has 0 aromatic carbocycles. The maximum atomic E-state index is 4.93. The lowest BCUT2D eigenvalue weighted by molar-refractivity contribution is 0.553. The molecule has 1 unspecified atom stereocenters.